The Kier molecular flexibility index (Phi) is 16.6. The fourth-order valence-electron chi connectivity index (χ4n) is 5.95. The molecule has 7 N–H and O–H groups in total. The largest absolute Gasteiger partial charge is 1.00 e. The zero-order valence-electron chi connectivity index (χ0n) is 33.5. The number of nitrogen functional groups attached to an aromatic ring is 2. The average Bonchev–Trinajstić information content (AvgIpc) is 3.19. The van der Waals surface area contributed by atoms with Crippen LogP contribution in [-0.2, 0) is 30.4 Å². The molecule has 0 saturated carbocycles. The smallest absolute Gasteiger partial charge is 0.872 e. The standard InChI is InChI=1S/C38H28N8O12S3.3Na/c39-23-6-12-30(29(40)16-23)44-43-26-11-5-21-14-32(60(53,54)55)35(37(48)28(21)17-26)45-41-24-7-1-19(2-8-24)20-3-9-25(10-4-20)42-46-36-33(61(56,57)58)15-22-13-27(59(50,51)52)18-31(47)34(22)38(36)49;;;/h1-18,47-49H,39-40H2,(H,50,51,52)(H,53,54,55)(H,56,57,58);;;/q;3*+1/p-3. The summed E-state index contributed by atoms with van der Waals surface area (Å²) in [5.41, 5.74) is 12.8. The van der Waals surface area contributed by atoms with Gasteiger partial charge in [0.05, 0.1) is 39.0 Å². The first kappa shape index (κ1) is 52.2. The number of fused-ring (bicyclic) bond motifs is 2. The van der Waals surface area contributed by atoms with Crippen LogP contribution in [0.2, 0.25) is 0 Å². The molecule has 0 unspecified atom stereocenters. The third kappa shape index (κ3) is 11.5. The second-order valence-electron chi connectivity index (χ2n) is 13.0. The number of hydrogen-bond donors (Lipinski definition) is 5. The minimum Gasteiger partial charge on any atom is -0.872 e. The molecule has 64 heavy (non-hydrogen) atoms. The Morgan fingerprint density at radius 1 is 0.469 bits per heavy atom. The number of nitrogens with two attached hydrogens (primary N) is 2. The molecule has 0 radical (unpaired) electrons. The van der Waals surface area contributed by atoms with Gasteiger partial charge in [-0.3, -0.25) is 13.7 Å². The molecule has 310 valence electrons. The van der Waals surface area contributed by atoms with Gasteiger partial charge in [-0.15, -0.1) is 21.1 Å². The second-order valence-corrected chi connectivity index (χ2v) is 17.2. The fourth-order valence-corrected chi connectivity index (χ4v) is 7.79. The Labute approximate surface area is 430 Å². The van der Waals surface area contributed by atoms with Crippen molar-refractivity contribution in [1.29, 1.82) is 0 Å². The van der Waals surface area contributed by atoms with Crippen molar-refractivity contribution in [1.82, 2.24) is 0 Å². The molecule has 0 saturated heterocycles. The molecule has 0 bridgehead atoms. The van der Waals surface area contributed by atoms with Crippen molar-refractivity contribution in [2.75, 3.05) is 11.5 Å². The van der Waals surface area contributed by atoms with Gasteiger partial charge in [-0.1, -0.05) is 41.8 Å². The van der Waals surface area contributed by atoms with Crippen LogP contribution in [-0.4, -0.2) is 38.9 Å². The number of azo groups is 3. The van der Waals surface area contributed by atoms with Crippen LogP contribution in [0.4, 0.5) is 45.5 Å². The average molecular weight is 951 g/mol. The molecule has 7 aromatic rings. The summed E-state index contributed by atoms with van der Waals surface area (Å²) in [7, 11) is -15.0. The van der Waals surface area contributed by atoms with Gasteiger partial charge in [0.1, 0.15) is 15.5 Å². The molecule has 7 rings (SSSR count). The van der Waals surface area contributed by atoms with E-state index in [1.165, 1.54) is 48.5 Å². The van der Waals surface area contributed by atoms with E-state index in [1.807, 2.05) is 0 Å². The van der Waals surface area contributed by atoms with Crippen LogP contribution >= 0.6 is 0 Å². The Morgan fingerprint density at radius 3 is 1.45 bits per heavy atom. The van der Waals surface area contributed by atoms with Gasteiger partial charge in [-0.25, -0.2) is 0 Å². The zero-order valence-corrected chi connectivity index (χ0v) is 41.9. The molecular weight excluding hydrogens is 926 g/mol. The first-order valence-corrected chi connectivity index (χ1v) is 21.3. The molecule has 0 aliphatic carbocycles. The SMILES string of the molecule is Nc1ccc(N=Nc2ccc3cc(S(=O)(=O)O)c(N=Nc4ccc(-c5ccc(N=Nc6c(S(=O)(=O)O)cc7cc(S(=O)(=O)O)cc([O-])c7c6[O-])cc5)cc4)c([O-])c3c2)c(N)c1.[Na+].[Na+].[Na+]. The summed E-state index contributed by atoms with van der Waals surface area (Å²) in [6, 6.07) is 24.1. The Bertz CT molecular complexity index is 3400. The third-order valence-electron chi connectivity index (χ3n) is 8.86. The van der Waals surface area contributed by atoms with Crippen molar-refractivity contribution in [3.63, 3.8) is 0 Å². The summed E-state index contributed by atoms with van der Waals surface area (Å²) < 4.78 is 101. The van der Waals surface area contributed by atoms with E-state index in [0.717, 1.165) is 6.07 Å². The Morgan fingerprint density at radius 2 is 0.953 bits per heavy atom. The molecule has 0 aromatic heterocycles. The maximum Gasteiger partial charge on any atom is 1.00 e. The molecule has 0 aliphatic rings. The predicted octanol–water partition coefficient (Wildman–Crippen LogP) is -1.96. The van der Waals surface area contributed by atoms with Gasteiger partial charge in [0.2, 0.25) is 0 Å². The number of benzene rings is 7. The van der Waals surface area contributed by atoms with Gasteiger partial charge in [0.15, 0.2) is 0 Å². The molecule has 7 aromatic carbocycles. The van der Waals surface area contributed by atoms with Gasteiger partial charge in [-0.05, 0) is 112 Å². The first-order valence-electron chi connectivity index (χ1n) is 17.0. The summed E-state index contributed by atoms with van der Waals surface area (Å²) >= 11 is 0. The first-order chi connectivity index (χ1) is 28.7. The molecule has 0 heterocycles. The molecule has 26 heteroatoms. The van der Waals surface area contributed by atoms with Crippen LogP contribution in [0.1, 0.15) is 0 Å². The molecule has 0 amide bonds. The Hall–Kier alpha value is -4.41. The molecule has 0 atom stereocenters. The quantitative estimate of drug-likeness (QED) is 0.0431. The van der Waals surface area contributed by atoms with Gasteiger partial charge in [0, 0.05) is 5.69 Å². The van der Waals surface area contributed by atoms with Crippen LogP contribution in [0, 0.1) is 0 Å². The topological polar surface area (TPSA) is 358 Å². The number of anilines is 2. The Balaban J connectivity index is 0.00000299. The van der Waals surface area contributed by atoms with Crippen molar-refractivity contribution in [2.45, 2.75) is 14.7 Å². The van der Waals surface area contributed by atoms with Gasteiger partial charge < -0.3 is 26.8 Å². The van der Waals surface area contributed by atoms with Crippen molar-refractivity contribution in [3.05, 3.63) is 109 Å². The van der Waals surface area contributed by atoms with E-state index in [2.05, 4.69) is 30.7 Å². The summed E-state index contributed by atoms with van der Waals surface area (Å²) in [6.45, 7) is 0. The summed E-state index contributed by atoms with van der Waals surface area (Å²) in [5, 5.41) is 62.1. The zero-order chi connectivity index (χ0) is 44.0. The maximum atomic E-state index is 13.6. The second kappa shape index (κ2) is 20.4. The van der Waals surface area contributed by atoms with E-state index in [4.69, 9.17) is 11.5 Å². The number of rotatable bonds is 10. The maximum absolute atomic E-state index is 13.6. The van der Waals surface area contributed by atoms with Gasteiger partial charge in [0.25, 0.3) is 30.4 Å². The summed E-state index contributed by atoms with van der Waals surface area (Å²) in [5.74, 6) is -3.30. The molecular formula is C38H25N8Na3O12S3. The van der Waals surface area contributed by atoms with Crippen molar-refractivity contribution in [2.24, 2.45) is 30.7 Å². The van der Waals surface area contributed by atoms with E-state index >= 15 is 0 Å². The third-order valence-corrected chi connectivity index (χ3v) is 11.4. The monoisotopic (exact) mass is 950 g/mol. The number of hydrogen-bond acceptors (Lipinski definition) is 17. The molecule has 0 spiro atoms. The van der Waals surface area contributed by atoms with Crippen molar-refractivity contribution in [3.8, 4) is 28.4 Å². The fraction of sp³-hybridized carbons (Fsp3) is 0. The van der Waals surface area contributed by atoms with Crippen molar-refractivity contribution >= 4 is 97.4 Å². The van der Waals surface area contributed by atoms with Crippen LogP contribution in [0.25, 0.3) is 32.7 Å². The van der Waals surface area contributed by atoms with Crippen molar-refractivity contribution < 1.29 is 143 Å². The van der Waals surface area contributed by atoms with E-state index in [-0.39, 0.29) is 122 Å². The molecule has 0 aliphatic heterocycles. The van der Waals surface area contributed by atoms with Crippen LogP contribution in [0.3, 0.4) is 0 Å². The molecule has 0 fully saturated rings. The molecule has 20 nitrogen and oxygen atoms in total. The predicted molar refractivity (Wildman–Crippen MR) is 215 cm³/mol. The summed E-state index contributed by atoms with van der Waals surface area (Å²) in [4.78, 5) is -2.73. The van der Waals surface area contributed by atoms with E-state index in [0.29, 0.717) is 40.7 Å². The van der Waals surface area contributed by atoms with Gasteiger partial charge >= 0.3 is 88.7 Å². The van der Waals surface area contributed by atoms with E-state index in [1.54, 1.807) is 36.4 Å². The van der Waals surface area contributed by atoms with E-state index < -0.39 is 84.4 Å². The van der Waals surface area contributed by atoms with Gasteiger partial charge in [-0.2, -0.15) is 40.6 Å². The van der Waals surface area contributed by atoms with Crippen LogP contribution in [0.15, 0.2) is 155 Å². The van der Waals surface area contributed by atoms with Crippen LogP contribution in [0.5, 0.6) is 17.2 Å². The normalized spacial score (nSPS) is 12.1. The van der Waals surface area contributed by atoms with E-state index in [9.17, 15) is 54.2 Å². The summed E-state index contributed by atoms with van der Waals surface area (Å²) in [6.07, 6.45) is 0. The number of nitrogens with zero attached hydrogens (tertiary/aromatic N) is 6. The minimum absolute atomic E-state index is 0. The minimum atomic E-state index is -5.16. The van der Waals surface area contributed by atoms with Crippen LogP contribution < -0.4 is 115 Å².